The van der Waals surface area contributed by atoms with Crippen LogP contribution >= 0.6 is 0 Å². The van der Waals surface area contributed by atoms with Gasteiger partial charge in [0.15, 0.2) is 11.5 Å². The second-order valence-electron chi connectivity index (χ2n) is 2.96. The zero-order chi connectivity index (χ0) is 11.4. The number of esters is 1. The summed E-state index contributed by atoms with van der Waals surface area (Å²) in [5.74, 6) is -0.847. The summed E-state index contributed by atoms with van der Waals surface area (Å²) in [5, 5.41) is 17.9. The van der Waals surface area contributed by atoms with Crippen molar-refractivity contribution in [2.75, 3.05) is 0 Å². The zero-order valence-corrected chi connectivity index (χ0v) is 8.15. The third-order valence-electron chi connectivity index (χ3n) is 1.64. The molecule has 15 heavy (non-hydrogen) atoms. The van der Waals surface area contributed by atoms with E-state index in [9.17, 15) is 9.90 Å². The van der Waals surface area contributed by atoms with Crippen LogP contribution in [0.15, 0.2) is 30.4 Å². The van der Waals surface area contributed by atoms with E-state index in [1.165, 1.54) is 25.1 Å². The first kappa shape index (κ1) is 10.8. The van der Waals surface area contributed by atoms with Crippen LogP contribution in [0.2, 0.25) is 0 Å². The second kappa shape index (κ2) is 4.29. The standard InChI is InChI=1S/C11H9NO3/c1-7(2)11(14)15-10-4-3-8(6-12)5-9(10)13/h3-5,13H,1H2,2H3. The summed E-state index contributed by atoms with van der Waals surface area (Å²) in [4.78, 5) is 11.1. The fourth-order valence-corrected chi connectivity index (χ4v) is 0.860. The summed E-state index contributed by atoms with van der Waals surface area (Å²) in [5.41, 5.74) is 0.529. The highest BCUT2D eigenvalue weighted by molar-refractivity contribution is 5.89. The van der Waals surface area contributed by atoms with E-state index in [0.29, 0.717) is 5.56 Å². The van der Waals surface area contributed by atoms with E-state index in [1.807, 2.05) is 6.07 Å². The van der Waals surface area contributed by atoms with Crippen molar-refractivity contribution in [2.45, 2.75) is 6.92 Å². The number of phenolic OH excluding ortho intramolecular Hbond substituents is 1. The highest BCUT2D eigenvalue weighted by Gasteiger charge is 2.09. The Kier molecular flexibility index (Phi) is 3.09. The summed E-state index contributed by atoms with van der Waals surface area (Å²) in [6.45, 7) is 4.91. The molecule has 4 nitrogen and oxygen atoms in total. The molecule has 1 rings (SSSR count). The number of benzene rings is 1. The third-order valence-corrected chi connectivity index (χ3v) is 1.64. The molecule has 1 aromatic rings. The zero-order valence-electron chi connectivity index (χ0n) is 8.15. The van der Waals surface area contributed by atoms with Crippen molar-refractivity contribution < 1.29 is 14.6 Å². The molecule has 0 heterocycles. The highest BCUT2D eigenvalue weighted by Crippen LogP contribution is 2.26. The molecule has 1 aromatic carbocycles. The summed E-state index contributed by atoms with van der Waals surface area (Å²) >= 11 is 0. The Morgan fingerprint density at radius 2 is 2.27 bits per heavy atom. The molecular weight excluding hydrogens is 194 g/mol. The van der Waals surface area contributed by atoms with Crippen molar-refractivity contribution in [1.82, 2.24) is 0 Å². The van der Waals surface area contributed by atoms with Gasteiger partial charge in [-0.25, -0.2) is 4.79 Å². The minimum Gasteiger partial charge on any atom is -0.504 e. The molecule has 0 spiro atoms. The van der Waals surface area contributed by atoms with Gasteiger partial charge in [0, 0.05) is 11.6 Å². The van der Waals surface area contributed by atoms with E-state index >= 15 is 0 Å². The van der Waals surface area contributed by atoms with Crippen molar-refractivity contribution in [2.24, 2.45) is 0 Å². The maximum Gasteiger partial charge on any atom is 0.338 e. The number of phenols is 1. The van der Waals surface area contributed by atoms with Crippen molar-refractivity contribution in [1.29, 1.82) is 5.26 Å². The van der Waals surface area contributed by atoms with Gasteiger partial charge >= 0.3 is 5.97 Å². The SMILES string of the molecule is C=C(C)C(=O)Oc1ccc(C#N)cc1O. The summed E-state index contributed by atoms with van der Waals surface area (Å²) in [6.07, 6.45) is 0. The molecule has 76 valence electrons. The number of carbonyl (C=O) groups excluding carboxylic acids is 1. The van der Waals surface area contributed by atoms with Gasteiger partial charge in [0.05, 0.1) is 11.6 Å². The Labute approximate surface area is 87.0 Å². The Morgan fingerprint density at radius 3 is 2.73 bits per heavy atom. The van der Waals surface area contributed by atoms with Crippen LogP contribution in [0.4, 0.5) is 0 Å². The quantitative estimate of drug-likeness (QED) is 0.451. The third kappa shape index (κ3) is 2.58. The van der Waals surface area contributed by atoms with Gasteiger partial charge in [-0.15, -0.1) is 0 Å². The van der Waals surface area contributed by atoms with E-state index in [-0.39, 0.29) is 17.1 Å². The van der Waals surface area contributed by atoms with E-state index in [4.69, 9.17) is 10.00 Å². The lowest BCUT2D eigenvalue weighted by atomic mass is 10.2. The van der Waals surface area contributed by atoms with Crippen LogP contribution in [0.5, 0.6) is 11.5 Å². The van der Waals surface area contributed by atoms with Crippen LogP contribution in [-0.4, -0.2) is 11.1 Å². The fourth-order valence-electron chi connectivity index (χ4n) is 0.860. The Bertz CT molecular complexity index is 457. The van der Waals surface area contributed by atoms with Gasteiger partial charge in [-0.1, -0.05) is 6.58 Å². The van der Waals surface area contributed by atoms with Gasteiger partial charge in [0.1, 0.15) is 0 Å². The van der Waals surface area contributed by atoms with Crippen molar-refractivity contribution in [3.63, 3.8) is 0 Å². The maximum atomic E-state index is 11.1. The van der Waals surface area contributed by atoms with E-state index < -0.39 is 5.97 Å². The van der Waals surface area contributed by atoms with E-state index in [2.05, 4.69) is 6.58 Å². The molecule has 0 aromatic heterocycles. The summed E-state index contributed by atoms with van der Waals surface area (Å²) in [7, 11) is 0. The minimum atomic E-state index is -0.616. The fraction of sp³-hybridized carbons (Fsp3) is 0.0909. The minimum absolute atomic E-state index is 0.0157. The summed E-state index contributed by atoms with van der Waals surface area (Å²) < 4.78 is 4.81. The molecule has 0 bridgehead atoms. The molecule has 0 aliphatic carbocycles. The number of nitrogens with zero attached hydrogens (tertiary/aromatic N) is 1. The first-order valence-corrected chi connectivity index (χ1v) is 4.15. The lowest BCUT2D eigenvalue weighted by Gasteiger charge is -2.05. The highest BCUT2D eigenvalue weighted by atomic mass is 16.5. The topological polar surface area (TPSA) is 70.3 Å². The predicted molar refractivity (Wildman–Crippen MR) is 53.3 cm³/mol. The number of nitriles is 1. The molecule has 0 aliphatic rings. The monoisotopic (exact) mass is 203 g/mol. The van der Waals surface area contributed by atoms with Crippen LogP contribution < -0.4 is 4.74 Å². The van der Waals surface area contributed by atoms with Crippen LogP contribution in [-0.2, 0) is 4.79 Å². The van der Waals surface area contributed by atoms with Crippen molar-refractivity contribution >= 4 is 5.97 Å². The molecule has 4 heteroatoms. The van der Waals surface area contributed by atoms with Gasteiger partial charge in [-0.05, 0) is 19.1 Å². The average molecular weight is 203 g/mol. The second-order valence-corrected chi connectivity index (χ2v) is 2.96. The van der Waals surface area contributed by atoms with Crippen molar-refractivity contribution in [3.05, 3.63) is 35.9 Å². The lowest BCUT2D eigenvalue weighted by Crippen LogP contribution is -2.08. The van der Waals surface area contributed by atoms with Gasteiger partial charge in [0.25, 0.3) is 0 Å². The number of ether oxygens (including phenoxy) is 1. The molecule has 1 N–H and O–H groups in total. The number of hydrogen-bond donors (Lipinski definition) is 1. The van der Waals surface area contributed by atoms with Crippen molar-refractivity contribution in [3.8, 4) is 17.6 Å². The number of aromatic hydroxyl groups is 1. The number of rotatable bonds is 2. The van der Waals surface area contributed by atoms with Gasteiger partial charge in [-0.2, -0.15) is 5.26 Å². The molecular formula is C11H9NO3. The van der Waals surface area contributed by atoms with Gasteiger partial charge in [-0.3, -0.25) is 0 Å². The van der Waals surface area contributed by atoms with Gasteiger partial charge in [0.2, 0.25) is 0 Å². The van der Waals surface area contributed by atoms with Crippen LogP contribution in [0.25, 0.3) is 0 Å². The molecule has 0 unspecified atom stereocenters. The first-order chi connectivity index (χ1) is 7.04. The number of hydrogen-bond acceptors (Lipinski definition) is 4. The van der Waals surface area contributed by atoms with Crippen LogP contribution in [0.3, 0.4) is 0 Å². The maximum absolute atomic E-state index is 11.1. The lowest BCUT2D eigenvalue weighted by molar-refractivity contribution is -0.130. The van der Waals surface area contributed by atoms with E-state index in [0.717, 1.165) is 0 Å². The van der Waals surface area contributed by atoms with Crippen LogP contribution in [0.1, 0.15) is 12.5 Å². The molecule has 0 amide bonds. The smallest absolute Gasteiger partial charge is 0.338 e. The Morgan fingerprint density at radius 1 is 1.60 bits per heavy atom. The molecule has 0 saturated heterocycles. The normalized spacial score (nSPS) is 9.07. The van der Waals surface area contributed by atoms with Crippen LogP contribution in [0, 0.1) is 11.3 Å². The Balaban J connectivity index is 2.93. The predicted octanol–water partition coefficient (Wildman–Crippen LogP) is 1.75. The average Bonchev–Trinajstić information content (AvgIpc) is 2.20. The molecule has 0 aliphatic heterocycles. The largest absolute Gasteiger partial charge is 0.504 e. The molecule has 0 saturated carbocycles. The first-order valence-electron chi connectivity index (χ1n) is 4.15. The van der Waals surface area contributed by atoms with E-state index in [1.54, 1.807) is 0 Å². The molecule has 0 atom stereocenters. The summed E-state index contributed by atoms with van der Waals surface area (Å²) in [6, 6.07) is 5.88. The van der Waals surface area contributed by atoms with Gasteiger partial charge < -0.3 is 9.84 Å². The molecule has 0 radical (unpaired) electrons. The Hall–Kier alpha value is -2.28. The molecule has 0 fully saturated rings. The number of carbonyl (C=O) groups is 1.